The molecule has 1 aromatic rings. The predicted molar refractivity (Wildman–Crippen MR) is 78.9 cm³/mol. The Bertz CT molecular complexity index is 352. The predicted octanol–water partition coefficient (Wildman–Crippen LogP) is 4.10. The van der Waals surface area contributed by atoms with Gasteiger partial charge in [-0.2, -0.15) is 0 Å². The van der Waals surface area contributed by atoms with Crippen LogP contribution in [0.25, 0.3) is 0 Å². The molecule has 0 heterocycles. The van der Waals surface area contributed by atoms with Gasteiger partial charge in [-0.1, -0.05) is 55.5 Å². The van der Waals surface area contributed by atoms with Crippen LogP contribution in [0.2, 0.25) is 0 Å². The fourth-order valence-electron chi connectivity index (χ4n) is 3.21. The van der Waals surface area contributed by atoms with E-state index in [1.54, 1.807) is 0 Å². The minimum atomic E-state index is 0.646. The Morgan fingerprint density at radius 2 is 2.06 bits per heavy atom. The molecule has 1 fully saturated rings. The maximum Gasteiger partial charge on any atom is 0.0105 e. The van der Waals surface area contributed by atoms with Crippen molar-refractivity contribution in [1.82, 2.24) is 5.32 Å². The minimum absolute atomic E-state index is 0.646. The molecule has 1 aromatic carbocycles. The standard InChI is InChI=1S/C17H27N/c1-14-6-5-9-16(12-14)13-17(18-2)11-10-15-7-3-4-8-15/h5-6,9,12,15,17-18H,3-4,7-8,10-11,13H2,1-2H3. The lowest BCUT2D eigenvalue weighted by molar-refractivity contribution is 0.418. The largest absolute Gasteiger partial charge is 0.317 e. The van der Waals surface area contributed by atoms with Gasteiger partial charge in [0.25, 0.3) is 0 Å². The van der Waals surface area contributed by atoms with Crippen molar-refractivity contribution >= 4 is 0 Å². The summed E-state index contributed by atoms with van der Waals surface area (Å²) < 4.78 is 0. The monoisotopic (exact) mass is 245 g/mol. The van der Waals surface area contributed by atoms with Crippen LogP contribution in [0, 0.1) is 12.8 Å². The highest BCUT2D eigenvalue weighted by Gasteiger charge is 2.16. The van der Waals surface area contributed by atoms with Crippen LogP contribution in [0.3, 0.4) is 0 Å². The molecule has 1 heteroatoms. The van der Waals surface area contributed by atoms with Gasteiger partial charge >= 0.3 is 0 Å². The summed E-state index contributed by atoms with van der Waals surface area (Å²) >= 11 is 0. The van der Waals surface area contributed by atoms with Gasteiger partial charge in [-0.3, -0.25) is 0 Å². The first kappa shape index (κ1) is 13.6. The fourth-order valence-corrected chi connectivity index (χ4v) is 3.21. The zero-order valence-electron chi connectivity index (χ0n) is 11.9. The van der Waals surface area contributed by atoms with Gasteiger partial charge in [-0.25, -0.2) is 0 Å². The van der Waals surface area contributed by atoms with E-state index in [9.17, 15) is 0 Å². The Hall–Kier alpha value is -0.820. The molecule has 1 N–H and O–H groups in total. The van der Waals surface area contributed by atoms with Crippen molar-refractivity contribution in [3.05, 3.63) is 35.4 Å². The molecule has 1 unspecified atom stereocenters. The van der Waals surface area contributed by atoms with Crippen molar-refractivity contribution in [2.75, 3.05) is 7.05 Å². The van der Waals surface area contributed by atoms with E-state index in [1.165, 1.54) is 56.1 Å². The summed E-state index contributed by atoms with van der Waals surface area (Å²) in [4.78, 5) is 0. The highest BCUT2D eigenvalue weighted by atomic mass is 14.9. The second-order valence-corrected chi connectivity index (χ2v) is 5.91. The maximum absolute atomic E-state index is 3.49. The van der Waals surface area contributed by atoms with Crippen molar-refractivity contribution in [1.29, 1.82) is 0 Å². The maximum atomic E-state index is 3.49. The molecule has 0 spiro atoms. The van der Waals surface area contributed by atoms with Crippen molar-refractivity contribution in [2.24, 2.45) is 5.92 Å². The van der Waals surface area contributed by atoms with E-state index in [0.717, 1.165) is 5.92 Å². The average molecular weight is 245 g/mol. The molecule has 1 nitrogen and oxygen atoms in total. The molecule has 1 saturated carbocycles. The van der Waals surface area contributed by atoms with Crippen LogP contribution in [-0.2, 0) is 6.42 Å². The third-order valence-electron chi connectivity index (χ3n) is 4.37. The fraction of sp³-hybridized carbons (Fsp3) is 0.647. The Labute approximate surface area is 112 Å². The molecular formula is C17H27N. The molecule has 1 aliphatic carbocycles. The molecule has 0 amide bonds. The zero-order chi connectivity index (χ0) is 12.8. The lowest BCUT2D eigenvalue weighted by Gasteiger charge is -2.18. The normalized spacial score (nSPS) is 18.1. The van der Waals surface area contributed by atoms with Gasteiger partial charge in [0.05, 0.1) is 0 Å². The summed E-state index contributed by atoms with van der Waals surface area (Å²) in [7, 11) is 2.11. The molecule has 1 atom stereocenters. The second kappa shape index (κ2) is 6.94. The number of hydrogen-bond donors (Lipinski definition) is 1. The lowest BCUT2D eigenvalue weighted by atomic mass is 9.95. The van der Waals surface area contributed by atoms with Gasteiger partial charge in [0.2, 0.25) is 0 Å². The van der Waals surface area contributed by atoms with Crippen LogP contribution in [-0.4, -0.2) is 13.1 Å². The number of likely N-dealkylation sites (N-methyl/N-ethyl adjacent to an activating group) is 1. The molecule has 0 saturated heterocycles. The molecule has 0 radical (unpaired) electrons. The first-order valence-corrected chi connectivity index (χ1v) is 7.50. The third kappa shape index (κ3) is 4.13. The highest BCUT2D eigenvalue weighted by Crippen LogP contribution is 2.29. The number of nitrogens with one attached hydrogen (secondary N) is 1. The summed E-state index contributed by atoms with van der Waals surface area (Å²) in [5.74, 6) is 1.01. The third-order valence-corrected chi connectivity index (χ3v) is 4.37. The number of aryl methyl sites for hydroxylation is 1. The van der Waals surface area contributed by atoms with E-state index >= 15 is 0 Å². The molecule has 0 bridgehead atoms. The summed E-state index contributed by atoms with van der Waals surface area (Å²) in [5.41, 5.74) is 2.85. The van der Waals surface area contributed by atoms with Gasteiger partial charge < -0.3 is 5.32 Å². The Balaban J connectivity index is 1.81. The Kier molecular flexibility index (Phi) is 5.25. The molecule has 100 valence electrons. The van der Waals surface area contributed by atoms with Crippen LogP contribution in [0.4, 0.5) is 0 Å². The first-order valence-electron chi connectivity index (χ1n) is 7.50. The van der Waals surface area contributed by atoms with Gasteiger partial charge in [0, 0.05) is 6.04 Å². The van der Waals surface area contributed by atoms with Crippen LogP contribution >= 0.6 is 0 Å². The van der Waals surface area contributed by atoms with Gasteiger partial charge in [0.1, 0.15) is 0 Å². The van der Waals surface area contributed by atoms with Crippen LogP contribution in [0.1, 0.15) is 49.7 Å². The Morgan fingerprint density at radius 1 is 1.28 bits per heavy atom. The van der Waals surface area contributed by atoms with E-state index in [1.807, 2.05) is 0 Å². The van der Waals surface area contributed by atoms with Crippen LogP contribution in [0.15, 0.2) is 24.3 Å². The average Bonchev–Trinajstić information content (AvgIpc) is 2.87. The van der Waals surface area contributed by atoms with Crippen LogP contribution < -0.4 is 5.32 Å². The highest BCUT2D eigenvalue weighted by molar-refractivity contribution is 5.22. The van der Waals surface area contributed by atoms with E-state index in [-0.39, 0.29) is 0 Å². The molecule has 1 aliphatic rings. The molecule has 18 heavy (non-hydrogen) atoms. The minimum Gasteiger partial charge on any atom is -0.317 e. The Morgan fingerprint density at radius 3 is 2.72 bits per heavy atom. The molecule has 0 aromatic heterocycles. The molecule has 2 rings (SSSR count). The van der Waals surface area contributed by atoms with Crippen molar-refractivity contribution in [3.8, 4) is 0 Å². The zero-order valence-corrected chi connectivity index (χ0v) is 11.9. The van der Waals surface area contributed by atoms with Crippen molar-refractivity contribution < 1.29 is 0 Å². The van der Waals surface area contributed by atoms with E-state index < -0.39 is 0 Å². The smallest absolute Gasteiger partial charge is 0.0105 e. The molecular weight excluding hydrogens is 218 g/mol. The van der Waals surface area contributed by atoms with Crippen molar-refractivity contribution in [3.63, 3.8) is 0 Å². The first-order chi connectivity index (χ1) is 8.78. The van der Waals surface area contributed by atoms with Gasteiger partial charge in [-0.05, 0) is 44.7 Å². The summed E-state index contributed by atoms with van der Waals surface area (Å²) in [5, 5.41) is 3.49. The number of hydrogen-bond acceptors (Lipinski definition) is 1. The van der Waals surface area contributed by atoms with Crippen LogP contribution in [0.5, 0.6) is 0 Å². The summed E-state index contributed by atoms with van der Waals surface area (Å²) in [6.45, 7) is 2.18. The summed E-state index contributed by atoms with van der Waals surface area (Å²) in [6.07, 6.45) is 9.79. The van der Waals surface area contributed by atoms with E-state index in [4.69, 9.17) is 0 Å². The quantitative estimate of drug-likeness (QED) is 0.796. The lowest BCUT2D eigenvalue weighted by Crippen LogP contribution is -2.28. The van der Waals surface area contributed by atoms with E-state index in [2.05, 4.69) is 43.6 Å². The van der Waals surface area contributed by atoms with Gasteiger partial charge in [-0.15, -0.1) is 0 Å². The van der Waals surface area contributed by atoms with E-state index in [0.29, 0.717) is 6.04 Å². The summed E-state index contributed by atoms with van der Waals surface area (Å²) in [6, 6.07) is 9.57. The number of benzene rings is 1. The number of rotatable bonds is 6. The second-order valence-electron chi connectivity index (χ2n) is 5.91. The van der Waals surface area contributed by atoms with Gasteiger partial charge in [0.15, 0.2) is 0 Å². The van der Waals surface area contributed by atoms with Crippen molar-refractivity contribution in [2.45, 2.75) is 57.9 Å². The topological polar surface area (TPSA) is 12.0 Å². The molecule has 0 aliphatic heterocycles. The SMILES string of the molecule is CNC(CCC1CCCC1)Cc1cccc(C)c1.